The number of nitriles is 1. The van der Waals surface area contributed by atoms with E-state index in [0.717, 1.165) is 12.0 Å². The molecule has 1 fully saturated rings. The Morgan fingerprint density at radius 2 is 2.11 bits per heavy atom. The van der Waals surface area contributed by atoms with Gasteiger partial charge in [-0.15, -0.1) is 0 Å². The highest BCUT2D eigenvalue weighted by molar-refractivity contribution is 6.01. The van der Waals surface area contributed by atoms with Crippen LogP contribution >= 0.6 is 0 Å². The number of methoxy groups -OCH3 is 1. The molecule has 2 aromatic rings. The highest BCUT2D eigenvalue weighted by Gasteiger charge is 2.28. The van der Waals surface area contributed by atoms with E-state index >= 15 is 0 Å². The van der Waals surface area contributed by atoms with Gasteiger partial charge in [0.2, 0.25) is 5.91 Å². The number of nitrogens with one attached hydrogen (secondary N) is 1. The van der Waals surface area contributed by atoms with E-state index < -0.39 is 6.03 Å². The van der Waals surface area contributed by atoms with Crippen molar-refractivity contribution in [3.63, 3.8) is 0 Å². The zero-order valence-corrected chi connectivity index (χ0v) is 20.3. The van der Waals surface area contributed by atoms with Gasteiger partial charge in [0.1, 0.15) is 40.8 Å². The number of hydrogen-bond acceptors (Lipinski definition) is 8. The van der Waals surface area contributed by atoms with Gasteiger partial charge in [-0.3, -0.25) is 19.8 Å². The number of carbonyl (C=O) groups is 3. The van der Waals surface area contributed by atoms with Gasteiger partial charge in [0.25, 0.3) is 0 Å². The number of aldehydes is 1. The Kier molecular flexibility index (Phi) is 7.75. The Balaban J connectivity index is 1.55. The number of carbonyl (C=O) groups excluding carboxylic acids is 3. The molecule has 36 heavy (non-hydrogen) atoms. The summed E-state index contributed by atoms with van der Waals surface area (Å²) in [5.74, 6) is 0.982. The molecule has 0 saturated carbocycles. The predicted octanol–water partition coefficient (Wildman–Crippen LogP) is 2.68. The molecule has 11 heteroatoms. The van der Waals surface area contributed by atoms with Crippen molar-refractivity contribution >= 4 is 29.9 Å². The summed E-state index contributed by atoms with van der Waals surface area (Å²) in [6, 6.07) is 4.93. The topological polar surface area (TPSA) is 138 Å². The van der Waals surface area contributed by atoms with E-state index in [1.807, 2.05) is 12.1 Å². The van der Waals surface area contributed by atoms with Crippen molar-refractivity contribution in [1.29, 1.82) is 5.26 Å². The lowest BCUT2D eigenvalue weighted by Gasteiger charge is -2.29. The van der Waals surface area contributed by atoms with Crippen molar-refractivity contribution in [3.8, 4) is 11.8 Å². The van der Waals surface area contributed by atoms with E-state index in [9.17, 15) is 19.6 Å². The fraction of sp³-hybridized carbons (Fsp3) is 0.440. The van der Waals surface area contributed by atoms with Crippen LogP contribution in [-0.4, -0.2) is 66.0 Å². The molecule has 0 radical (unpaired) electrons. The van der Waals surface area contributed by atoms with Gasteiger partial charge in [-0.2, -0.15) is 5.26 Å². The average Bonchev–Trinajstić information content (AvgIpc) is 3.27. The molecule has 188 valence electrons. The number of hydrogen-bond donors (Lipinski definition) is 1. The molecule has 3 amide bonds. The number of nitrogens with zero attached hydrogens (tertiary/aromatic N) is 5. The van der Waals surface area contributed by atoms with Gasteiger partial charge >= 0.3 is 6.03 Å². The van der Waals surface area contributed by atoms with Crippen LogP contribution in [-0.2, 0) is 22.5 Å². The van der Waals surface area contributed by atoms with E-state index in [1.165, 1.54) is 17.2 Å². The van der Waals surface area contributed by atoms with E-state index in [2.05, 4.69) is 15.3 Å². The molecular formula is C25H28N6O5. The Bertz CT molecular complexity index is 1210. The normalized spacial score (nSPS) is 15.8. The van der Waals surface area contributed by atoms with E-state index in [-0.39, 0.29) is 34.8 Å². The minimum Gasteiger partial charge on any atom is -0.487 e. The molecular weight excluding hydrogens is 464 g/mol. The van der Waals surface area contributed by atoms with Crippen molar-refractivity contribution in [2.75, 3.05) is 37.0 Å². The molecule has 11 nitrogen and oxygen atoms in total. The quantitative estimate of drug-likeness (QED) is 0.555. The molecule has 0 spiro atoms. The monoisotopic (exact) mass is 492 g/mol. The summed E-state index contributed by atoms with van der Waals surface area (Å²) in [4.78, 5) is 48.9. The van der Waals surface area contributed by atoms with E-state index in [0.29, 0.717) is 63.2 Å². The van der Waals surface area contributed by atoms with Crippen LogP contribution in [0.25, 0.3) is 0 Å². The number of likely N-dealkylation sites (tertiary alicyclic amines) is 1. The van der Waals surface area contributed by atoms with Crippen LogP contribution in [0.2, 0.25) is 0 Å². The summed E-state index contributed by atoms with van der Waals surface area (Å²) in [5, 5.41) is 12.1. The first-order valence-corrected chi connectivity index (χ1v) is 11.8. The molecule has 0 aliphatic carbocycles. The number of aryl methyl sites for hydroxylation is 1. The van der Waals surface area contributed by atoms with Gasteiger partial charge in [-0.1, -0.05) is 0 Å². The zero-order chi connectivity index (χ0) is 25.7. The lowest BCUT2D eigenvalue weighted by Crippen LogP contribution is -2.40. The molecule has 0 unspecified atom stereocenters. The van der Waals surface area contributed by atoms with Crippen LogP contribution in [0.4, 0.5) is 16.4 Å². The minimum atomic E-state index is -0.462. The second-order valence-electron chi connectivity index (χ2n) is 8.80. The lowest BCUT2D eigenvalue weighted by atomic mass is 10.0. The second-order valence-corrected chi connectivity index (χ2v) is 8.80. The summed E-state index contributed by atoms with van der Waals surface area (Å²) < 4.78 is 10.8. The molecule has 0 bridgehead atoms. The smallest absolute Gasteiger partial charge is 0.328 e. The molecule has 2 aliphatic heterocycles. The SMILES string of the molecule is COC[C@H](C)Oc1cc(NC(=O)N2CCCc3cc(CN4CCCC4=O)c(C=O)nc32)ncc1C#N. The molecule has 2 aromatic heterocycles. The first-order chi connectivity index (χ1) is 17.4. The summed E-state index contributed by atoms with van der Waals surface area (Å²) in [5.41, 5.74) is 1.98. The Labute approximate surface area is 209 Å². The third-order valence-corrected chi connectivity index (χ3v) is 6.11. The Morgan fingerprint density at radius 3 is 2.81 bits per heavy atom. The predicted molar refractivity (Wildman–Crippen MR) is 130 cm³/mol. The van der Waals surface area contributed by atoms with Gasteiger partial charge in [0, 0.05) is 44.8 Å². The Hall–Kier alpha value is -4.04. The maximum absolute atomic E-state index is 13.2. The molecule has 0 aromatic carbocycles. The van der Waals surface area contributed by atoms with Crippen LogP contribution in [0, 0.1) is 11.3 Å². The maximum Gasteiger partial charge on any atom is 0.328 e. The standard InChI is InChI=1S/C25H28N6O5/c1-16(15-35-2)36-21-10-22(27-12-19(21)11-26)29-25(34)31-8-3-5-17-9-18(20(14-32)28-24(17)31)13-30-7-4-6-23(30)33/h9-10,12,14,16H,3-8,13,15H2,1-2H3,(H,27,29,34)/t16-/m0/s1. The third-order valence-electron chi connectivity index (χ3n) is 6.11. The number of urea groups is 1. The summed E-state index contributed by atoms with van der Waals surface area (Å²) in [7, 11) is 1.55. The Morgan fingerprint density at radius 1 is 1.31 bits per heavy atom. The second kappa shape index (κ2) is 11.1. The summed E-state index contributed by atoms with van der Waals surface area (Å²) >= 11 is 0. The average molecular weight is 493 g/mol. The van der Waals surface area contributed by atoms with E-state index in [4.69, 9.17) is 9.47 Å². The number of anilines is 2. The highest BCUT2D eigenvalue weighted by atomic mass is 16.5. The van der Waals surface area contributed by atoms with Crippen LogP contribution < -0.4 is 15.0 Å². The van der Waals surface area contributed by atoms with Gasteiger partial charge in [-0.05, 0) is 37.8 Å². The fourth-order valence-electron chi connectivity index (χ4n) is 4.41. The fourth-order valence-corrected chi connectivity index (χ4v) is 4.41. The van der Waals surface area contributed by atoms with Gasteiger partial charge in [-0.25, -0.2) is 14.8 Å². The van der Waals surface area contributed by atoms with Gasteiger partial charge in [0.05, 0.1) is 12.8 Å². The molecule has 4 rings (SSSR count). The summed E-state index contributed by atoms with van der Waals surface area (Å²) in [6.07, 6.45) is 4.44. The van der Waals surface area contributed by atoms with Crippen molar-refractivity contribution in [2.24, 2.45) is 0 Å². The zero-order valence-electron chi connectivity index (χ0n) is 20.3. The highest BCUT2D eigenvalue weighted by Crippen LogP contribution is 2.29. The van der Waals surface area contributed by atoms with Crippen LogP contribution in [0.5, 0.6) is 5.75 Å². The van der Waals surface area contributed by atoms with Crippen molar-refractivity contribution in [3.05, 3.63) is 40.7 Å². The van der Waals surface area contributed by atoms with Crippen LogP contribution in [0.1, 0.15) is 53.4 Å². The number of amides is 3. The van der Waals surface area contributed by atoms with Gasteiger partial charge < -0.3 is 14.4 Å². The molecule has 4 heterocycles. The van der Waals surface area contributed by atoms with E-state index in [1.54, 1.807) is 18.9 Å². The minimum absolute atomic E-state index is 0.0699. The molecule has 1 saturated heterocycles. The number of aromatic nitrogens is 2. The number of rotatable bonds is 8. The van der Waals surface area contributed by atoms with Crippen molar-refractivity contribution < 1.29 is 23.9 Å². The third kappa shape index (κ3) is 5.44. The van der Waals surface area contributed by atoms with Gasteiger partial charge in [0.15, 0.2) is 6.29 Å². The number of pyridine rings is 2. The van der Waals surface area contributed by atoms with Crippen LogP contribution in [0.3, 0.4) is 0 Å². The van der Waals surface area contributed by atoms with Crippen molar-refractivity contribution in [1.82, 2.24) is 14.9 Å². The number of ether oxygens (including phenoxy) is 2. The maximum atomic E-state index is 13.2. The number of fused-ring (bicyclic) bond motifs is 1. The largest absolute Gasteiger partial charge is 0.487 e. The summed E-state index contributed by atoms with van der Waals surface area (Å²) in [6.45, 7) is 3.55. The molecule has 1 atom stereocenters. The molecule has 1 N–H and O–H groups in total. The first-order valence-electron chi connectivity index (χ1n) is 11.8. The van der Waals surface area contributed by atoms with Crippen molar-refractivity contribution in [2.45, 2.75) is 45.3 Å². The molecule has 2 aliphatic rings. The lowest BCUT2D eigenvalue weighted by molar-refractivity contribution is -0.128. The van der Waals surface area contributed by atoms with Crippen LogP contribution in [0.15, 0.2) is 18.3 Å². The first kappa shape index (κ1) is 25.1.